The first kappa shape index (κ1) is 18.3. The number of nitriles is 2. The van der Waals surface area contributed by atoms with Crippen LogP contribution in [0.2, 0.25) is 0 Å². The predicted octanol–water partition coefficient (Wildman–Crippen LogP) is 3.33. The van der Waals surface area contributed by atoms with Crippen molar-refractivity contribution in [2.75, 3.05) is 10.6 Å². The Balaban J connectivity index is 1.75. The second kappa shape index (κ2) is 8.26. The van der Waals surface area contributed by atoms with Crippen LogP contribution in [0.5, 0.6) is 0 Å². The van der Waals surface area contributed by atoms with Crippen molar-refractivity contribution >= 4 is 23.2 Å². The fourth-order valence-electron chi connectivity index (χ4n) is 2.40. The molecule has 0 aliphatic carbocycles. The molecule has 3 aromatic rings. The molecular weight excluding hydrogens is 354 g/mol. The van der Waals surface area contributed by atoms with E-state index in [0.717, 1.165) is 0 Å². The first-order valence-electron chi connectivity index (χ1n) is 8.19. The molecule has 0 spiro atoms. The zero-order valence-electron chi connectivity index (χ0n) is 14.5. The lowest BCUT2D eigenvalue weighted by molar-refractivity contribution is 0.102. The number of nitrogens with one attached hydrogen (secondary N) is 2. The second-order valence-electron chi connectivity index (χ2n) is 5.68. The van der Waals surface area contributed by atoms with Crippen molar-refractivity contribution < 1.29 is 9.59 Å². The summed E-state index contributed by atoms with van der Waals surface area (Å²) >= 11 is 0. The van der Waals surface area contributed by atoms with E-state index in [1.54, 1.807) is 48.5 Å². The molecule has 2 N–H and O–H groups in total. The van der Waals surface area contributed by atoms with Crippen molar-refractivity contribution in [3.05, 3.63) is 89.2 Å². The van der Waals surface area contributed by atoms with Crippen LogP contribution in [-0.4, -0.2) is 16.8 Å². The van der Waals surface area contributed by atoms with E-state index in [0.29, 0.717) is 22.5 Å². The fraction of sp³-hybridized carbons (Fsp3) is 0. The Labute approximate surface area is 160 Å². The quantitative estimate of drug-likeness (QED) is 0.733. The number of para-hydroxylation sites is 1. The van der Waals surface area contributed by atoms with Crippen LogP contribution in [0.1, 0.15) is 32.0 Å². The third kappa shape index (κ3) is 4.18. The zero-order valence-corrected chi connectivity index (χ0v) is 14.5. The highest BCUT2D eigenvalue weighted by Crippen LogP contribution is 2.15. The van der Waals surface area contributed by atoms with Crippen molar-refractivity contribution in [1.29, 1.82) is 10.5 Å². The Morgan fingerprint density at radius 2 is 1.61 bits per heavy atom. The maximum absolute atomic E-state index is 12.4. The molecule has 2 aromatic carbocycles. The summed E-state index contributed by atoms with van der Waals surface area (Å²) < 4.78 is 0. The molecule has 3 rings (SSSR count). The lowest BCUT2D eigenvalue weighted by atomic mass is 10.1. The van der Waals surface area contributed by atoms with Gasteiger partial charge in [0.05, 0.1) is 22.9 Å². The molecule has 0 atom stereocenters. The number of rotatable bonds is 4. The Bertz CT molecular complexity index is 1120. The van der Waals surface area contributed by atoms with Crippen LogP contribution >= 0.6 is 0 Å². The van der Waals surface area contributed by atoms with Gasteiger partial charge in [0.1, 0.15) is 11.8 Å². The molecule has 28 heavy (non-hydrogen) atoms. The van der Waals surface area contributed by atoms with Gasteiger partial charge in [-0.1, -0.05) is 12.1 Å². The minimum Gasteiger partial charge on any atom is -0.322 e. The van der Waals surface area contributed by atoms with Gasteiger partial charge in [-0.2, -0.15) is 10.5 Å². The van der Waals surface area contributed by atoms with Crippen LogP contribution in [0.4, 0.5) is 11.4 Å². The first-order valence-corrected chi connectivity index (χ1v) is 8.19. The number of hydrogen-bond acceptors (Lipinski definition) is 5. The Morgan fingerprint density at radius 1 is 0.857 bits per heavy atom. The lowest BCUT2D eigenvalue weighted by Crippen LogP contribution is -2.17. The van der Waals surface area contributed by atoms with Gasteiger partial charge in [0.25, 0.3) is 11.8 Å². The average molecular weight is 367 g/mol. The molecule has 1 aromatic heterocycles. The van der Waals surface area contributed by atoms with Gasteiger partial charge in [0.2, 0.25) is 0 Å². The van der Waals surface area contributed by atoms with Crippen LogP contribution in [-0.2, 0) is 0 Å². The van der Waals surface area contributed by atoms with Gasteiger partial charge in [-0.15, -0.1) is 0 Å². The number of pyridine rings is 1. The van der Waals surface area contributed by atoms with Crippen molar-refractivity contribution in [2.24, 2.45) is 0 Å². The monoisotopic (exact) mass is 367 g/mol. The summed E-state index contributed by atoms with van der Waals surface area (Å²) in [7, 11) is 0. The molecule has 0 aliphatic heterocycles. The second-order valence-corrected chi connectivity index (χ2v) is 5.68. The molecule has 7 heteroatoms. The van der Waals surface area contributed by atoms with E-state index in [2.05, 4.69) is 15.6 Å². The highest BCUT2D eigenvalue weighted by Gasteiger charge is 2.13. The largest absolute Gasteiger partial charge is 0.322 e. The van der Waals surface area contributed by atoms with Crippen LogP contribution in [0, 0.1) is 22.7 Å². The summed E-state index contributed by atoms with van der Waals surface area (Å²) in [5, 5.41) is 23.2. The van der Waals surface area contributed by atoms with Crippen molar-refractivity contribution in [3.8, 4) is 12.1 Å². The molecule has 1 heterocycles. The smallest absolute Gasteiger partial charge is 0.274 e. The third-order valence-corrected chi connectivity index (χ3v) is 3.82. The summed E-state index contributed by atoms with van der Waals surface area (Å²) in [5.41, 5.74) is 1.99. The SMILES string of the molecule is N#Cc1ccc(NC(=O)c2ccnc(C(=O)Nc3ccccc3C#N)c2)cc1. The molecular formula is C21H13N5O2. The molecule has 0 fully saturated rings. The van der Waals surface area contributed by atoms with Gasteiger partial charge in [-0.25, -0.2) is 0 Å². The molecule has 0 aliphatic rings. The molecule has 0 saturated carbocycles. The predicted molar refractivity (Wildman–Crippen MR) is 102 cm³/mol. The van der Waals surface area contributed by atoms with Gasteiger partial charge in [0, 0.05) is 17.4 Å². The minimum absolute atomic E-state index is 0.0419. The highest BCUT2D eigenvalue weighted by atomic mass is 16.2. The van der Waals surface area contributed by atoms with E-state index in [1.165, 1.54) is 18.3 Å². The number of benzene rings is 2. The van der Waals surface area contributed by atoms with Crippen molar-refractivity contribution in [2.45, 2.75) is 0 Å². The summed E-state index contributed by atoms with van der Waals surface area (Å²) in [6.07, 6.45) is 1.36. The number of carbonyl (C=O) groups is 2. The Hall–Kier alpha value is -4.49. The van der Waals surface area contributed by atoms with Gasteiger partial charge < -0.3 is 10.6 Å². The van der Waals surface area contributed by atoms with E-state index in [-0.39, 0.29) is 11.3 Å². The number of nitrogens with zero attached hydrogens (tertiary/aromatic N) is 3. The fourth-order valence-corrected chi connectivity index (χ4v) is 2.40. The van der Waals surface area contributed by atoms with E-state index in [9.17, 15) is 9.59 Å². The van der Waals surface area contributed by atoms with E-state index >= 15 is 0 Å². The number of carbonyl (C=O) groups excluding carboxylic acids is 2. The maximum Gasteiger partial charge on any atom is 0.274 e. The first-order chi connectivity index (χ1) is 13.6. The van der Waals surface area contributed by atoms with Gasteiger partial charge in [0.15, 0.2) is 0 Å². The van der Waals surface area contributed by atoms with E-state index in [1.807, 2.05) is 12.1 Å². The topological polar surface area (TPSA) is 119 Å². The number of aromatic nitrogens is 1. The van der Waals surface area contributed by atoms with Crippen LogP contribution in [0.25, 0.3) is 0 Å². The third-order valence-electron chi connectivity index (χ3n) is 3.82. The Kier molecular flexibility index (Phi) is 5.40. The number of amides is 2. The molecule has 134 valence electrons. The van der Waals surface area contributed by atoms with Crippen molar-refractivity contribution in [3.63, 3.8) is 0 Å². The maximum atomic E-state index is 12.4. The summed E-state index contributed by atoms with van der Waals surface area (Å²) in [4.78, 5) is 28.9. The Morgan fingerprint density at radius 3 is 2.32 bits per heavy atom. The molecule has 0 unspecified atom stereocenters. The van der Waals surface area contributed by atoms with E-state index < -0.39 is 11.8 Å². The van der Waals surface area contributed by atoms with Crippen LogP contribution in [0.3, 0.4) is 0 Å². The zero-order chi connectivity index (χ0) is 19.9. The lowest BCUT2D eigenvalue weighted by Gasteiger charge is -2.08. The van der Waals surface area contributed by atoms with Gasteiger partial charge in [-0.05, 0) is 48.5 Å². The van der Waals surface area contributed by atoms with Crippen molar-refractivity contribution in [1.82, 2.24) is 4.98 Å². The number of anilines is 2. The van der Waals surface area contributed by atoms with E-state index in [4.69, 9.17) is 10.5 Å². The standard InChI is InChI=1S/C21H13N5O2/c22-12-14-5-7-17(8-6-14)25-20(27)15-9-10-24-19(11-15)21(28)26-18-4-2-1-3-16(18)13-23/h1-11H,(H,25,27)(H,26,28). The van der Waals surface area contributed by atoms with Gasteiger partial charge in [-0.3, -0.25) is 14.6 Å². The molecule has 2 amide bonds. The van der Waals surface area contributed by atoms with Crippen LogP contribution < -0.4 is 10.6 Å². The minimum atomic E-state index is -0.532. The molecule has 0 bridgehead atoms. The molecule has 0 saturated heterocycles. The van der Waals surface area contributed by atoms with Crippen LogP contribution in [0.15, 0.2) is 66.9 Å². The highest BCUT2D eigenvalue weighted by molar-refractivity contribution is 6.08. The summed E-state index contributed by atoms with van der Waals surface area (Å²) in [6.45, 7) is 0. The number of hydrogen-bond donors (Lipinski definition) is 2. The molecule has 7 nitrogen and oxygen atoms in total. The normalized spacial score (nSPS) is 9.64. The summed E-state index contributed by atoms with van der Waals surface area (Å²) in [5.74, 6) is -0.950. The average Bonchev–Trinajstić information content (AvgIpc) is 2.74. The molecule has 0 radical (unpaired) electrons. The van der Waals surface area contributed by atoms with Gasteiger partial charge >= 0.3 is 0 Å². The summed E-state index contributed by atoms with van der Waals surface area (Å²) in [6, 6.07) is 19.9.